The molecule has 2 rings (SSSR count). The molecule has 5 heteroatoms. The summed E-state index contributed by atoms with van der Waals surface area (Å²) in [5.74, 6) is 0. The molecule has 4 nitrogen and oxygen atoms in total. The van der Waals surface area contributed by atoms with E-state index in [9.17, 15) is 8.42 Å². The fourth-order valence-electron chi connectivity index (χ4n) is 2.27. The van der Waals surface area contributed by atoms with Gasteiger partial charge in [0, 0.05) is 18.8 Å². The molecule has 0 atom stereocenters. The zero-order valence-electron chi connectivity index (χ0n) is 11.4. The zero-order chi connectivity index (χ0) is 13.7. The van der Waals surface area contributed by atoms with Crippen LogP contribution in [0.2, 0.25) is 0 Å². The lowest BCUT2D eigenvalue weighted by Crippen LogP contribution is -2.25. The zero-order valence-corrected chi connectivity index (χ0v) is 12.2. The average molecular weight is 282 g/mol. The quantitative estimate of drug-likeness (QED) is 0.788. The van der Waals surface area contributed by atoms with Crippen LogP contribution in [0, 0.1) is 0 Å². The number of unbranched alkanes of at least 4 members (excludes halogenated alkanes) is 2. The highest BCUT2D eigenvalue weighted by atomic mass is 32.2. The molecule has 0 aliphatic carbocycles. The van der Waals surface area contributed by atoms with Crippen LogP contribution in [-0.4, -0.2) is 21.5 Å². The van der Waals surface area contributed by atoms with E-state index in [4.69, 9.17) is 0 Å². The predicted octanol–water partition coefficient (Wildman–Crippen LogP) is 2.51. The summed E-state index contributed by atoms with van der Waals surface area (Å²) in [5, 5.41) is 3.26. The van der Waals surface area contributed by atoms with Crippen LogP contribution in [0.4, 0.5) is 5.69 Å². The Kier molecular flexibility index (Phi) is 4.82. The summed E-state index contributed by atoms with van der Waals surface area (Å²) in [7, 11) is -3.36. The van der Waals surface area contributed by atoms with Crippen LogP contribution < -0.4 is 10.0 Å². The SMILES string of the molecule is CCCCCNS(=O)(=O)c1ccc2c(c1)NCCC2. The number of rotatable bonds is 6. The predicted molar refractivity (Wildman–Crippen MR) is 78.0 cm³/mol. The summed E-state index contributed by atoms with van der Waals surface area (Å²) in [4.78, 5) is 0.358. The molecule has 1 aliphatic rings. The lowest BCUT2D eigenvalue weighted by Gasteiger charge is -2.18. The average Bonchev–Trinajstić information content (AvgIpc) is 2.43. The van der Waals surface area contributed by atoms with Gasteiger partial charge in [0.2, 0.25) is 10.0 Å². The molecule has 1 aromatic rings. The van der Waals surface area contributed by atoms with E-state index in [0.29, 0.717) is 11.4 Å². The van der Waals surface area contributed by atoms with Gasteiger partial charge in [0.05, 0.1) is 4.90 Å². The Hall–Kier alpha value is -1.07. The molecule has 0 saturated carbocycles. The number of hydrogen-bond acceptors (Lipinski definition) is 3. The van der Waals surface area contributed by atoms with Gasteiger partial charge in [-0.3, -0.25) is 0 Å². The maximum atomic E-state index is 12.1. The van der Waals surface area contributed by atoms with Crippen molar-refractivity contribution in [3.63, 3.8) is 0 Å². The number of fused-ring (bicyclic) bond motifs is 1. The first-order chi connectivity index (χ1) is 9.13. The molecular weight excluding hydrogens is 260 g/mol. The Balaban J connectivity index is 2.07. The third-order valence-corrected chi connectivity index (χ3v) is 4.86. The molecule has 0 aromatic heterocycles. The minimum Gasteiger partial charge on any atom is -0.385 e. The molecule has 1 aromatic carbocycles. The highest BCUT2D eigenvalue weighted by Gasteiger charge is 2.16. The van der Waals surface area contributed by atoms with Crippen molar-refractivity contribution in [3.05, 3.63) is 23.8 Å². The second kappa shape index (κ2) is 6.39. The van der Waals surface area contributed by atoms with Crippen LogP contribution in [0.5, 0.6) is 0 Å². The molecule has 0 radical (unpaired) electrons. The fourth-order valence-corrected chi connectivity index (χ4v) is 3.37. The van der Waals surface area contributed by atoms with Gasteiger partial charge in [0.15, 0.2) is 0 Å². The third kappa shape index (κ3) is 3.70. The number of nitrogens with one attached hydrogen (secondary N) is 2. The Morgan fingerprint density at radius 2 is 2.16 bits per heavy atom. The molecule has 0 amide bonds. The lowest BCUT2D eigenvalue weighted by molar-refractivity contribution is 0.576. The molecule has 0 spiro atoms. The van der Waals surface area contributed by atoms with Gasteiger partial charge >= 0.3 is 0 Å². The monoisotopic (exact) mass is 282 g/mol. The van der Waals surface area contributed by atoms with Crippen molar-refractivity contribution in [2.45, 2.75) is 43.9 Å². The number of sulfonamides is 1. The van der Waals surface area contributed by atoms with Gasteiger partial charge in [-0.2, -0.15) is 0 Å². The molecule has 0 unspecified atom stereocenters. The van der Waals surface area contributed by atoms with Crippen molar-refractivity contribution in [2.24, 2.45) is 0 Å². The van der Waals surface area contributed by atoms with Gasteiger partial charge in [0.1, 0.15) is 0 Å². The smallest absolute Gasteiger partial charge is 0.240 e. The topological polar surface area (TPSA) is 58.2 Å². The van der Waals surface area contributed by atoms with Gasteiger partial charge in [-0.1, -0.05) is 25.8 Å². The summed E-state index contributed by atoms with van der Waals surface area (Å²) < 4.78 is 26.9. The van der Waals surface area contributed by atoms with Gasteiger partial charge in [-0.15, -0.1) is 0 Å². The summed E-state index contributed by atoms with van der Waals surface area (Å²) in [6.07, 6.45) is 5.15. The first-order valence-corrected chi connectivity index (χ1v) is 8.48. The highest BCUT2D eigenvalue weighted by molar-refractivity contribution is 7.89. The van der Waals surface area contributed by atoms with Crippen molar-refractivity contribution in [2.75, 3.05) is 18.4 Å². The summed E-state index contributed by atoms with van der Waals surface area (Å²) >= 11 is 0. The highest BCUT2D eigenvalue weighted by Crippen LogP contribution is 2.25. The number of hydrogen-bond donors (Lipinski definition) is 2. The first kappa shape index (κ1) is 14.3. The molecule has 2 N–H and O–H groups in total. The van der Waals surface area contributed by atoms with Crippen LogP contribution in [-0.2, 0) is 16.4 Å². The molecule has 19 heavy (non-hydrogen) atoms. The van der Waals surface area contributed by atoms with Crippen LogP contribution >= 0.6 is 0 Å². The van der Waals surface area contributed by atoms with Gasteiger partial charge in [-0.25, -0.2) is 13.1 Å². The van der Waals surface area contributed by atoms with E-state index in [1.807, 2.05) is 6.07 Å². The third-order valence-electron chi connectivity index (χ3n) is 3.40. The molecule has 0 bridgehead atoms. The number of benzene rings is 1. The van der Waals surface area contributed by atoms with Gasteiger partial charge in [-0.05, 0) is 37.0 Å². The van der Waals surface area contributed by atoms with Gasteiger partial charge < -0.3 is 5.32 Å². The maximum Gasteiger partial charge on any atom is 0.240 e. The maximum absolute atomic E-state index is 12.1. The van der Waals surface area contributed by atoms with E-state index in [-0.39, 0.29) is 0 Å². The van der Waals surface area contributed by atoms with E-state index in [0.717, 1.165) is 44.3 Å². The summed E-state index contributed by atoms with van der Waals surface area (Å²) in [5.41, 5.74) is 2.17. The Morgan fingerprint density at radius 1 is 1.32 bits per heavy atom. The van der Waals surface area contributed by atoms with Crippen LogP contribution in [0.3, 0.4) is 0 Å². The van der Waals surface area contributed by atoms with Crippen molar-refractivity contribution < 1.29 is 8.42 Å². The molecule has 106 valence electrons. The molecule has 1 aliphatic heterocycles. The number of anilines is 1. The van der Waals surface area contributed by atoms with Crippen molar-refractivity contribution in [3.8, 4) is 0 Å². The van der Waals surface area contributed by atoms with Crippen molar-refractivity contribution in [1.82, 2.24) is 4.72 Å². The molecule has 0 fully saturated rings. The van der Waals surface area contributed by atoms with Crippen molar-refractivity contribution >= 4 is 15.7 Å². The largest absolute Gasteiger partial charge is 0.385 e. The second-order valence-corrected chi connectivity index (χ2v) is 6.72. The second-order valence-electron chi connectivity index (χ2n) is 4.95. The lowest BCUT2D eigenvalue weighted by atomic mass is 10.0. The Morgan fingerprint density at radius 3 is 2.95 bits per heavy atom. The minimum atomic E-state index is -3.36. The minimum absolute atomic E-state index is 0.358. The molecule has 0 saturated heterocycles. The fraction of sp³-hybridized carbons (Fsp3) is 0.571. The van der Waals surface area contributed by atoms with E-state index in [1.165, 1.54) is 5.56 Å². The van der Waals surface area contributed by atoms with Crippen LogP contribution in [0.25, 0.3) is 0 Å². The standard InChI is InChI=1S/C14H22N2O2S/c1-2-3-4-10-16-19(17,18)13-8-7-12-6-5-9-15-14(12)11-13/h7-8,11,15-16H,2-6,9-10H2,1H3. The van der Waals surface area contributed by atoms with Gasteiger partial charge in [0.25, 0.3) is 0 Å². The molecular formula is C14H22N2O2S. The van der Waals surface area contributed by atoms with E-state index >= 15 is 0 Å². The number of aryl methyl sites for hydroxylation is 1. The van der Waals surface area contributed by atoms with E-state index in [2.05, 4.69) is 17.0 Å². The van der Waals surface area contributed by atoms with Crippen LogP contribution in [0.15, 0.2) is 23.1 Å². The Bertz CT molecular complexity index is 526. The first-order valence-electron chi connectivity index (χ1n) is 7.00. The summed E-state index contributed by atoms with van der Waals surface area (Å²) in [6, 6.07) is 5.37. The normalized spacial score (nSPS) is 14.8. The van der Waals surface area contributed by atoms with Crippen LogP contribution in [0.1, 0.15) is 38.2 Å². The molecule has 1 heterocycles. The van der Waals surface area contributed by atoms with Crippen molar-refractivity contribution in [1.29, 1.82) is 0 Å². The Labute approximate surface area is 115 Å². The van der Waals surface area contributed by atoms with E-state index < -0.39 is 10.0 Å². The summed E-state index contributed by atoms with van der Waals surface area (Å²) in [6.45, 7) is 3.53. The van der Waals surface area contributed by atoms with E-state index in [1.54, 1.807) is 12.1 Å².